The van der Waals surface area contributed by atoms with E-state index in [4.69, 9.17) is 16.7 Å². The van der Waals surface area contributed by atoms with Gasteiger partial charge >= 0.3 is 0 Å². The monoisotopic (exact) mass is 505 g/mol. The normalized spacial score (nSPS) is 30.8. The van der Waals surface area contributed by atoms with Crippen molar-refractivity contribution in [2.24, 2.45) is 17.3 Å². The van der Waals surface area contributed by atoms with Crippen LogP contribution >= 0.6 is 11.6 Å². The van der Waals surface area contributed by atoms with Gasteiger partial charge in [-0.25, -0.2) is 4.98 Å². The summed E-state index contributed by atoms with van der Waals surface area (Å²) >= 11 is 7.19. The van der Waals surface area contributed by atoms with Crippen molar-refractivity contribution in [3.8, 4) is 17.3 Å². The van der Waals surface area contributed by atoms with Gasteiger partial charge in [0.1, 0.15) is 11.8 Å². The second kappa shape index (κ2) is 8.69. The number of likely N-dealkylation sites (tertiary alicyclic amines) is 1. The fraction of sp³-hybridized carbons (Fsp3) is 0.556. The van der Waals surface area contributed by atoms with Crippen LogP contribution in [-0.4, -0.2) is 56.6 Å². The zero-order valence-electron chi connectivity index (χ0n) is 20.7. The predicted molar refractivity (Wildman–Crippen MR) is 137 cm³/mol. The molecule has 0 bridgehead atoms. The number of aromatic nitrogens is 3. The quantitative estimate of drug-likeness (QED) is 0.488. The first-order valence-electron chi connectivity index (χ1n) is 12.8. The van der Waals surface area contributed by atoms with Crippen LogP contribution in [0.2, 0.25) is 0 Å². The Labute approximate surface area is 216 Å². The van der Waals surface area contributed by atoms with Gasteiger partial charge in [-0.3, -0.25) is 20.3 Å². The maximum atomic E-state index is 11.9. The summed E-state index contributed by atoms with van der Waals surface area (Å²) in [4.78, 5) is 18.0. The van der Waals surface area contributed by atoms with Crippen LogP contribution in [0.4, 0.5) is 0 Å². The van der Waals surface area contributed by atoms with E-state index in [9.17, 15) is 10.1 Å². The molecule has 2 aromatic rings. The molecule has 2 saturated heterocycles. The van der Waals surface area contributed by atoms with Gasteiger partial charge in [0.15, 0.2) is 0 Å². The third-order valence-electron chi connectivity index (χ3n) is 9.02. The molecule has 2 aromatic heterocycles. The summed E-state index contributed by atoms with van der Waals surface area (Å²) in [5, 5.41) is 14.7. The molecular weight excluding hydrogens is 474 g/mol. The number of pyridine rings is 1. The number of hydrogen-bond donors (Lipinski definition) is 2. The lowest BCUT2D eigenvalue weighted by Gasteiger charge is -2.58. The molecule has 36 heavy (non-hydrogen) atoms. The lowest BCUT2D eigenvalue weighted by Crippen LogP contribution is -2.63. The minimum atomic E-state index is -0.00170. The molecule has 6 rings (SSSR count). The highest BCUT2D eigenvalue weighted by molar-refractivity contribution is 6.21. The van der Waals surface area contributed by atoms with E-state index in [1.165, 1.54) is 11.6 Å². The van der Waals surface area contributed by atoms with Crippen molar-refractivity contribution in [3.05, 3.63) is 47.9 Å². The zero-order chi connectivity index (χ0) is 25.2. The highest BCUT2D eigenvalue weighted by Crippen LogP contribution is 2.56. The van der Waals surface area contributed by atoms with E-state index in [-0.39, 0.29) is 22.6 Å². The van der Waals surface area contributed by atoms with Crippen molar-refractivity contribution in [2.45, 2.75) is 56.5 Å². The summed E-state index contributed by atoms with van der Waals surface area (Å²) in [5.41, 5.74) is 11.6. The summed E-state index contributed by atoms with van der Waals surface area (Å²) in [6.45, 7) is 10.5. The minimum absolute atomic E-state index is 0.00170. The Morgan fingerprint density at radius 2 is 2.17 bits per heavy atom. The Morgan fingerprint density at radius 1 is 1.39 bits per heavy atom. The number of hydrogen-bond acceptors (Lipinski definition) is 6. The molecule has 1 spiro atoms. The molecule has 9 heteroatoms. The topological polar surface area (TPSA) is 98.9 Å². The molecule has 8 nitrogen and oxygen atoms in total. The number of amides is 1. The van der Waals surface area contributed by atoms with Crippen molar-refractivity contribution in [1.82, 2.24) is 30.5 Å². The first kappa shape index (κ1) is 23.7. The Kier molecular flexibility index (Phi) is 5.71. The van der Waals surface area contributed by atoms with E-state index in [1.54, 1.807) is 6.20 Å². The van der Waals surface area contributed by atoms with Gasteiger partial charge in [-0.2, -0.15) is 10.4 Å². The molecule has 2 aliphatic carbocycles. The number of nitrogens with zero attached hydrogens (tertiary/aromatic N) is 5. The van der Waals surface area contributed by atoms with Crippen LogP contribution in [0.15, 0.2) is 31.0 Å². The molecule has 1 amide bonds. The molecule has 0 radical (unpaired) electrons. The fourth-order valence-corrected chi connectivity index (χ4v) is 7.64. The average molecular weight is 506 g/mol. The first-order chi connectivity index (χ1) is 17.3. The Balaban J connectivity index is 1.38. The fourth-order valence-electron chi connectivity index (χ4n) is 7.22. The zero-order valence-corrected chi connectivity index (χ0v) is 21.5. The molecule has 4 heterocycles. The lowest BCUT2D eigenvalue weighted by molar-refractivity contribution is -0.149. The number of hydrazine groups is 1. The maximum Gasteiger partial charge on any atom is 0.245 e. The predicted octanol–water partition coefficient (Wildman–Crippen LogP) is 3.30. The van der Waals surface area contributed by atoms with Crippen LogP contribution in [0.3, 0.4) is 0 Å². The summed E-state index contributed by atoms with van der Waals surface area (Å²) in [6.07, 6.45) is 6.15. The van der Waals surface area contributed by atoms with Gasteiger partial charge in [-0.05, 0) is 56.2 Å². The van der Waals surface area contributed by atoms with Crippen LogP contribution in [-0.2, 0) is 4.79 Å². The number of alkyl halides is 1. The summed E-state index contributed by atoms with van der Waals surface area (Å²) < 4.78 is 2.20. The number of carbonyl (C=O) groups is 1. The third kappa shape index (κ3) is 3.60. The molecule has 188 valence electrons. The molecule has 5 unspecified atom stereocenters. The minimum Gasteiger partial charge on any atom is -0.338 e. The van der Waals surface area contributed by atoms with Gasteiger partial charge in [0, 0.05) is 65.4 Å². The van der Waals surface area contributed by atoms with E-state index < -0.39 is 0 Å². The highest BCUT2D eigenvalue weighted by atomic mass is 35.5. The number of fused-ring (bicyclic) bond motifs is 1. The number of rotatable bonds is 4. The second-order valence-corrected chi connectivity index (χ2v) is 11.8. The van der Waals surface area contributed by atoms with Crippen LogP contribution in [0, 0.1) is 35.5 Å². The molecule has 2 saturated carbocycles. The molecule has 2 aliphatic heterocycles. The van der Waals surface area contributed by atoms with E-state index >= 15 is 0 Å². The van der Waals surface area contributed by atoms with Crippen molar-refractivity contribution >= 4 is 17.5 Å². The SMILES string of the molecule is C=CC(=O)N1CC2(CC(n3nc(-c4ccnc(C#N)c4)c(C4C(Cl)C(C)CC5NNCC54)c3C)C2)C1. The van der Waals surface area contributed by atoms with Gasteiger partial charge in [0.2, 0.25) is 5.91 Å². The Hall–Kier alpha value is -2.73. The van der Waals surface area contributed by atoms with Crippen molar-refractivity contribution < 1.29 is 4.79 Å². The number of nitrogens with one attached hydrogen (secondary N) is 2. The molecule has 0 aromatic carbocycles. The van der Waals surface area contributed by atoms with Crippen LogP contribution < -0.4 is 10.9 Å². The van der Waals surface area contributed by atoms with Gasteiger partial charge in [-0.1, -0.05) is 13.5 Å². The van der Waals surface area contributed by atoms with E-state index in [2.05, 4.69) is 47.0 Å². The average Bonchev–Trinajstić information content (AvgIpc) is 3.42. The summed E-state index contributed by atoms with van der Waals surface area (Å²) in [7, 11) is 0. The molecule has 4 aliphatic rings. The molecular formula is C27H32ClN7O. The van der Waals surface area contributed by atoms with Crippen molar-refractivity contribution in [3.63, 3.8) is 0 Å². The number of nitriles is 1. The van der Waals surface area contributed by atoms with Crippen LogP contribution in [0.1, 0.15) is 55.1 Å². The molecule has 5 atom stereocenters. The van der Waals surface area contributed by atoms with Crippen molar-refractivity contribution in [1.29, 1.82) is 5.26 Å². The molecule has 4 fully saturated rings. The highest BCUT2D eigenvalue weighted by Gasteiger charge is 2.55. The standard InChI is InChI=1S/C27H32ClN7O/c1-4-22(36)34-13-27(14-34)9-19(10-27)35-16(3)23(26(33-35)17-5-6-30-18(8-17)11-29)24-20-12-31-32-21(20)7-15(2)25(24)28/h4-6,8,15,19-21,24-25,31-32H,1,7,9-10,12-14H2,2-3H3. The Bertz CT molecular complexity index is 1250. The largest absolute Gasteiger partial charge is 0.338 e. The van der Waals surface area contributed by atoms with Crippen LogP contribution in [0.5, 0.6) is 0 Å². The van der Waals surface area contributed by atoms with Gasteiger partial charge < -0.3 is 4.90 Å². The Morgan fingerprint density at radius 3 is 2.89 bits per heavy atom. The van der Waals surface area contributed by atoms with Crippen LogP contribution in [0.25, 0.3) is 11.3 Å². The maximum absolute atomic E-state index is 11.9. The van der Waals surface area contributed by atoms with E-state index in [0.717, 1.165) is 55.8 Å². The second-order valence-electron chi connectivity index (χ2n) is 11.3. The summed E-state index contributed by atoms with van der Waals surface area (Å²) in [6, 6.07) is 6.61. The number of carbonyl (C=O) groups excluding carboxylic acids is 1. The summed E-state index contributed by atoms with van der Waals surface area (Å²) in [5.74, 6) is 0.892. The molecule has 2 N–H and O–H groups in total. The number of halogens is 1. The smallest absolute Gasteiger partial charge is 0.245 e. The van der Waals surface area contributed by atoms with E-state index in [0.29, 0.717) is 29.6 Å². The van der Waals surface area contributed by atoms with Gasteiger partial charge in [0.05, 0.1) is 11.7 Å². The lowest BCUT2D eigenvalue weighted by atomic mass is 9.60. The third-order valence-corrected chi connectivity index (χ3v) is 9.72. The van der Waals surface area contributed by atoms with Gasteiger partial charge in [0.25, 0.3) is 0 Å². The first-order valence-corrected chi connectivity index (χ1v) is 13.3. The van der Waals surface area contributed by atoms with Gasteiger partial charge in [-0.15, -0.1) is 11.6 Å². The van der Waals surface area contributed by atoms with E-state index in [1.807, 2.05) is 17.0 Å². The van der Waals surface area contributed by atoms with Crippen molar-refractivity contribution in [2.75, 3.05) is 19.6 Å².